The second-order valence-corrected chi connectivity index (χ2v) is 3.59. The van der Waals surface area contributed by atoms with E-state index >= 15 is 0 Å². The van der Waals surface area contributed by atoms with Crippen molar-refractivity contribution in [1.29, 1.82) is 0 Å². The van der Waals surface area contributed by atoms with E-state index in [4.69, 9.17) is 0 Å². The van der Waals surface area contributed by atoms with Gasteiger partial charge in [-0.25, -0.2) is 14.2 Å². The quantitative estimate of drug-likeness (QED) is 0.880. The molecule has 1 N–H and O–H groups in total. The molecular weight excluding hydrogens is 237 g/mol. The molecule has 0 atom stereocenters. The summed E-state index contributed by atoms with van der Waals surface area (Å²) in [6.07, 6.45) is 2.83. The first-order chi connectivity index (χ1) is 8.65. The van der Waals surface area contributed by atoms with Crippen molar-refractivity contribution in [2.24, 2.45) is 0 Å². The minimum Gasteiger partial charge on any atom is -0.325 e. The fraction of sp³-hybridized carbons (Fsp3) is 0.0833. The normalized spacial score (nSPS) is 10.1. The summed E-state index contributed by atoms with van der Waals surface area (Å²) in [6, 6.07) is 6.93. The Hall–Kier alpha value is -2.50. The minimum atomic E-state index is -0.494. The monoisotopic (exact) mass is 247 g/mol. The number of halogens is 1. The van der Waals surface area contributed by atoms with Gasteiger partial charge in [0.05, 0.1) is 0 Å². The van der Waals surface area contributed by atoms with Crippen LogP contribution in [-0.2, 0) is 11.3 Å². The Balaban J connectivity index is 2.03. The summed E-state index contributed by atoms with van der Waals surface area (Å²) < 4.78 is 13.8. The summed E-state index contributed by atoms with van der Waals surface area (Å²) in [5.41, 5.74) is -0.0231. The highest BCUT2D eigenvalue weighted by Crippen LogP contribution is 2.07. The minimum absolute atomic E-state index is 0.135. The Morgan fingerprint density at radius 3 is 2.72 bits per heavy atom. The number of rotatable bonds is 3. The molecule has 1 heterocycles. The van der Waals surface area contributed by atoms with Gasteiger partial charge in [-0.05, 0) is 30.3 Å². The molecule has 2 aromatic rings. The zero-order valence-electron chi connectivity index (χ0n) is 9.34. The van der Waals surface area contributed by atoms with Gasteiger partial charge in [0.1, 0.15) is 12.4 Å². The number of nitrogens with zero attached hydrogens (tertiary/aromatic N) is 2. The van der Waals surface area contributed by atoms with Crippen LogP contribution in [0.15, 0.2) is 47.5 Å². The maximum Gasteiger partial charge on any atom is 0.347 e. The van der Waals surface area contributed by atoms with Crippen LogP contribution in [0, 0.1) is 5.82 Å². The number of hydrogen-bond acceptors (Lipinski definition) is 3. The Kier molecular flexibility index (Phi) is 3.47. The van der Waals surface area contributed by atoms with E-state index in [1.807, 2.05) is 0 Å². The molecular formula is C12H10FN3O2. The lowest BCUT2D eigenvalue weighted by Crippen LogP contribution is -2.28. The van der Waals surface area contributed by atoms with Gasteiger partial charge < -0.3 is 5.32 Å². The third kappa shape index (κ3) is 3.00. The molecule has 0 radical (unpaired) electrons. The van der Waals surface area contributed by atoms with Crippen LogP contribution >= 0.6 is 0 Å². The van der Waals surface area contributed by atoms with E-state index in [9.17, 15) is 14.0 Å². The third-order valence-corrected chi connectivity index (χ3v) is 2.22. The molecule has 0 saturated carbocycles. The lowest BCUT2D eigenvalue weighted by atomic mass is 10.3. The maximum absolute atomic E-state index is 12.7. The van der Waals surface area contributed by atoms with Gasteiger partial charge in [-0.2, -0.15) is 0 Å². The maximum atomic E-state index is 12.7. The van der Waals surface area contributed by atoms with E-state index in [0.717, 1.165) is 0 Å². The van der Waals surface area contributed by atoms with Crippen molar-refractivity contribution in [3.63, 3.8) is 0 Å². The molecule has 0 saturated heterocycles. The lowest BCUT2D eigenvalue weighted by Gasteiger charge is -2.06. The average molecular weight is 247 g/mol. The highest BCUT2D eigenvalue weighted by Gasteiger charge is 2.04. The largest absolute Gasteiger partial charge is 0.347 e. The van der Waals surface area contributed by atoms with Crippen molar-refractivity contribution >= 4 is 11.6 Å². The summed E-state index contributed by atoms with van der Waals surface area (Å²) >= 11 is 0. The van der Waals surface area contributed by atoms with Crippen molar-refractivity contribution < 1.29 is 9.18 Å². The number of benzene rings is 1. The van der Waals surface area contributed by atoms with E-state index in [-0.39, 0.29) is 18.3 Å². The predicted octanol–water partition coefficient (Wildman–Crippen LogP) is 1.02. The zero-order valence-corrected chi connectivity index (χ0v) is 9.34. The number of carbonyl (C=O) groups is 1. The van der Waals surface area contributed by atoms with E-state index in [2.05, 4.69) is 10.3 Å². The summed E-state index contributed by atoms with van der Waals surface area (Å²) in [5, 5.41) is 2.55. The molecule has 1 aromatic heterocycles. The molecule has 18 heavy (non-hydrogen) atoms. The van der Waals surface area contributed by atoms with E-state index in [0.29, 0.717) is 5.69 Å². The van der Waals surface area contributed by atoms with Gasteiger partial charge in [0, 0.05) is 18.1 Å². The number of amides is 1. The van der Waals surface area contributed by atoms with Gasteiger partial charge in [-0.3, -0.25) is 9.36 Å². The SMILES string of the molecule is O=C(Cn1cccnc1=O)Nc1ccc(F)cc1. The number of nitrogens with one attached hydrogen (secondary N) is 1. The standard InChI is InChI=1S/C12H10FN3O2/c13-9-2-4-10(5-3-9)15-11(17)8-16-7-1-6-14-12(16)18/h1-7H,8H2,(H,15,17). The van der Waals surface area contributed by atoms with Crippen molar-refractivity contribution in [2.75, 3.05) is 5.32 Å². The molecule has 0 aliphatic carbocycles. The van der Waals surface area contributed by atoms with Gasteiger partial charge in [0.15, 0.2) is 0 Å². The van der Waals surface area contributed by atoms with Crippen molar-refractivity contribution in [1.82, 2.24) is 9.55 Å². The van der Waals surface area contributed by atoms with Gasteiger partial charge in [0.2, 0.25) is 5.91 Å². The first-order valence-electron chi connectivity index (χ1n) is 5.22. The van der Waals surface area contributed by atoms with Crippen LogP contribution in [-0.4, -0.2) is 15.5 Å². The molecule has 92 valence electrons. The highest BCUT2D eigenvalue weighted by atomic mass is 19.1. The van der Waals surface area contributed by atoms with E-state index in [1.54, 1.807) is 6.07 Å². The first kappa shape index (κ1) is 12.0. The van der Waals surface area contributed by atoms with Crippen molar-refractivity contribution in [3.8, 4) is 0 Å². The van der Waals surface area contributed by atoms with Crippen molar-refractivity contribution in [2.45, 2.75) is 6.54 Å². The molecule has 0 bridgehead atoms. The number of anilines is 1. The second kappa shape index (κ2) is 5.22. The van der Waals surface area contributed by atoms with Crippen molar-refractivity contribution in [3.05, 3.63) is 59.0 Å². The van der Waals surface area contributed by atoms with Gasteiger partial charge in [-0.15, -0.1) is 0 Å². The molecule has 2 rings (SSSR count). The van der Waals surface area contributed by atoms with Crippen LogP contribution < -0.4 is 11.0 Å². The fourth-order valence-corrected chi connectivity index (χ4v) is 1.40. The fourth-order valence-electron chi connectivity index (χ4n) is 1.40. The number of carbonyl (C=O) groups excluding carboxylic acids is 1. The first-order valence-corrected chi connectivity index (χ1v) is 5.22. The number of aromatic nitrogens is 2. The second-order valence-electron chi connectivity index (χ2n) is 3.59. The molecule has 0 aliphatic heterocycles. The molecule has 0 spiro atoms. The zero-order chi connectivity index (χ0) is 13.0. The van der Waals surface area contributed by atoms with Crippen LogP contribution in [0.25, 0.3) is 0 Å². The highest BCUT2D eigenvalue weighted by molar-refractivity contribution is 5.90. The van der Waals surface area contributed by atoms with Crippen LogP contribution in [0.2, 0.25) is 0 Å². The van der Waals surface area contributed by atoms with Crippen LogP contribution in [0.3, 0.4) is 0 Å². The summed E-state index contributed by atoms with van der Waals surface area (Å²) in [5.74, 6) is -0.756. The lowest BCUT2D eigenvalue weighted by molar-refractivity contribution is -0.116. The average Bonchev–Trinajstić information content (AvgIpc) is 2.35. The molecule has 0 fully saturated rings. The molecule has 0 unspecified atom stereocenters. The van der Waals surface area contributed by atoms with E-state index in [1.165, 1.54) is 41.2 Å². The molecule has 0 aliphatic rings. The Morgan fingerprint density at radius 2 is 2.06 bits per heavy atom. The third-order valence-electron chi connectivity index (χ3n) is 2.22. The van der Waals surface area contributed by atoms with Gasteiger partial charge >= 0.3 is 5.69 Å². The van der Waals surface area contributed by atoms with E-state index < -0.39 is 5.69 Å². The van der Waals surface area contributed by atoms with Gasteiger partial charge in [0.25, 0.3) is 0 Å². The van der Waals surface area contributed by atoms with Crippen LogP contribution in [0.1, 0.15) is 0 Å². The smallest absolute Gasteiger partial charge is 0.325 e. The molecule has 6 heteroatoms. The Bertz CT molecular complexity index is 607. The summed E-state index contributed by atoms with van der Waals surface area (Å²) in [7, 11) is 0. The summed E-state index contributed by atoms with van der Waals surface area (Å²) in [4.78, 5) is 26.4. The van der Waals surface area contributed by atoms with Gasteiger partial charge in [-0.1, -0.05) is 0 Å². The van der Waals surface area contributed by atoms with Crippen LogP contribution in [0.4, 0.5) is 10.1 Å². The predicted molar refractivity (Wildman–Crippen MR) is 63.5 cm³/mol. The Morgan fingerprint density at radius 1 is 1.33 bits per heavy atom. The number of hydrogen-bond donors (Lipinski definition) is 1. The summed E-state index contributed by atoms with van der Waals surface area (Å²) in [6.45, 7) is -0.135. The Labute approximate surface area is 102 Å². The topological polar surface area (TPSA) is 64.0 Å². The van der Waals surface area contributed by atoms with Crippen LogP contribution in [0.5, 0.6) is 0 Å². The molecule has 5 nitrogen and oxygen atoms in total. The molecule has 1 aromatic carbocycles. The molecule has 1 amide bonds.